The maximum atomic E-state index is 12.3. The third-order valence-electron chi connectivity index (χ3n) is 3.99. The summed E-state index contributed by atoms with van der Waals surface area (Å²) in [7, 11) is 0. The van der Waals surface area contributed by atoms with Crippen molar-refractivity contribution in [2.75, 3.05) is 11.9 Å². The Kier molecular flexibility index (Phi) is 5.07. The Labute approximate surface area is 154 Å². The molecule has 0 fully saturated rings. The van der Waals surface area contributed by atoms with Crippen molar-refractivity contribution in [2.24, 2.45) is 0 Å². The Hall–Kier alpha value is -3.42. The van der Waals surface area contributed by atoms with Gasteiger partial charge in [0.25, 0.3) is 5.91 Å². The number of aryl methyl sites for hydroxylation is 2. The van der Waals surface area contributed by atoms with Crippen molar-refractivity contribution in [2.45, 2.75) is 27.2 Å². The van der Waals surface area contributed by atoms with Crippen LogP contribution in [0.15, 0.2) is 33.2 Å². The normalized spacial score (nSPS) is 10.8. The molecular formula is C19H18N2O6. The number of hydrogen-bond donors (Lipinski definition) is 1. The molecule has 3 rings (SSSR count). The predicted octanol–water partition coefficient (Wildman–Crippen LogP) is 3.29. The van der Waals surface area contributed by atoms with Crippen molar-refractivity contribution in [3.63, 3.8) is 0 Å². The zero-order chi connectivity index (χ0) is 19.6. The minimum absolute atomic E-state index is 0.0408. The summed E-state index contributed by atoms with van der Waals surface area (Å²) in [5.41, 5.74) is 1.43. The second-order valence-corrected chi connectivity index (χ2v) is 5.90. The van der Waals surface area contributed by atoms with Crippen LogP contribution in [0.3, 0.4) is 0 Å². The molecule has 0 saturated carbocycles. The van der Waals surface area contributed by atoms with Crippen molar-refractivity contribution in [1.82, 2.24) is 5.16 Å². The standard InChI is InChI=1S/C19H18N2O6/c1-4-13-16(11(3)27-21-13)19(24)25-9-15(23)20-17-12-7-5-6-8-14(12)26-18(17)10(2)22/h5-8H,4,9H2,1-3H3,(H,20,23). The Bertz CT molecular complexity index is 1030. The van der Waals surface area contributed by atoms with Crippen molar-refractivity contribution in [3.8, 4) is 0 Å². The highest BCUT2D eigenvalue weighted by Crippen LogP contribution is 2.31. The smallest absolute Gasteiger partial charge is 0.344 e. The molecule has 0 radical (unpaired) electrons. The summed E-state index contributed by atoms with van der Waals surface area (Å²) < 4.78 is 15.6. The molecule has 3 aromatic rings. The molecule has 0 atom stereocenters. The number of Topliss-reactive ketones (excluding diaryl/α,β-unsaturated/α-hetero) is 1. The van der Waals surface area contributed by atoms with Gasteiger partial charge in [0.15, 0.2) is 18.2 Å². The molecule has 140 valence electrons. The molecule has 0 bridgehead atoms. The van der Waals surface area contributed by atoms with E-state index < -0.39 is 18.5 Å². The number of benzene rings is 1. The van der Waals surface area contributed by atoms with E-state index in [9.17, 15) is 14.4 Å². The fourth-order valence-electron chi connectivity index (χ4n) is 2.72. The van der Waals surface area contributed by atoms with Gasteiger partial charge in [-0.15, -0.1) is 0 Å². The van der Waals surface area contributed by atoms with Gasteiger partial charge in [-0.3, -0.25) is 9.59 Å². The lowest BCUT2D eigenvalue weighted by Gasteiger charge is -2.06. The predicted molar refractivity (Wildman–Crippen MR) is 95.7 cm³/mol. The van der Waals surface area contributed by atoms with Crippen LogP contribution < -0.4 is 5.32 Å². The van der Waals surface area contributed by atoms with Gasteiger partial charge < -0.3 is 19.0 Å². The highest BCUT2D eigenvalue weighted by molar-refractivity contribution is 6.11. The third kappa shape index (κ3) is 3.59. The van der Waals surface area contributed by atoms with Gasteiger partial charge in [-0.2, -0.15) is 0 Å². The van der Waals surface area contributed by atoms with E-state index in [2.05, 4.69) is 10.5 Å². The first-order chi connectivity index (χ1) is 12.9. The van der Waals surface area contributed by atoms with Gasteiger partial charge in [0.05, 0.1) is 11.4 Å². The summed E-state index contributed by atoms with van der Waals surface area (Å²) in [6, 6.07) is 6.94. The molecule has 0 spiro atoms. The van der Waals surface area contributed by atoms with Gasteiger partial charge in [0.2, 0.25) is 0 Å². The van der Waals surface area contributed by atoms with E-state index in [-0.39, 0.29) is 22.8 Å². The maximum Gasteiger partial charge on any atom is 0.344 e. The van der Waals surface area contributed by atoms with Gasteiger partial charge in [0.1, 0.15) is 16.9 Å². The number of anilines is 1. The average Bonchev–Trinajstić information content (AvgIpc) is 3.20. The topological polar surface area (TPSA) is 112 Å². The number of carbonyl (C=O) groups is 3. The largest absolute Gasteiger partial charge is 0.452 e. The first-order valence-corrected chi connectivity index (χ1v) is 8.37. The van der Waals surface area contributed by atoms with Crippen LogP contribution in [0.4, 0.5) is 5.69 Å². The molecule has 1 aromatic carbocycles. The number of esters is 1. The number of carbonyl (C=O) groups excluding carboxylic acids is 3. The average molecular weight is 370 g/mol. The molecule has 8 nitrogen and oxygen atoms in total. The zero-order valence-electron chi connectivity index (χ0n) is 15.1. The van der Waals surface area contributed by atoms with Crippen molar-refractivity contribution in [3.05, 3.63) is 47.0 Å². The number of nitrogens with one attached hydrogen (secondary N) is 1. The molecule has 0 unspecified atom stereocenters. The lowest BCUT2D eigenvalue weighted by molar-refractivity contribution is -0.119. The third-order valence-corrected chi connectivity index (χ3v) is 3.99. The van der Waals surface area contributed by atoms with Gasteiger partial charge in [-0.1, -0.05) is 24.2 Å². The number of aromatic nitrogens is 1. The molecule has 27 heavy (non-hydrogen) atoms. The lowest BCUT2D eigenvalue weighted by Crippen LogP contribution is -2.22. The van der Waals surface area contributed by atoms with Crippen LogP contribution in [0.1, 0.15) is 46.2 Å². The Morgan fingerprint density at radius 2 is 1.96 bits per heavy atom. The van der Waals surface area contributed by atoms with E-state index in [4.69, 9.17) is 13.7 Å². The van der Waals surface area contributed by atoms with Crippen molar-refractivity contribution >= 4 is 34.3 Å². The Morgan fingerprint density at radius 1 is 1.22 bits per heavy atom. The first kappa shape index (κ1) is 18.4. The SMILES string of the molecule is CCc1noc(C)c1C(=O)OCC(=O)Nc1c(C(C)=O)oc2ccccc12. The summed E-state index contributed by atoms with van der Waals surface area (Å²) in [5, 5.41) is 6.96. The monoisotopic (exact) mass is 370 g/mol. The fourth-order valence-corrected chi connectivity index (χ4v) is 2.72. The van der Waals surface area contributed by atoms with E-state index in [1.807, 2.05) is 6.92 Å². The number of ketones is 1. The number of amides is 1. The van der Waals surface area contributed by atoms with Crippen molar-refractivity contribution < 1.29 is 28.1 Å². The zero-order valence-corrected chi connectivity index (χ0v) is 15.1. The van der Waals surface area contributed by atoms with E-state index in [0.717, 1.165) is 0 Å². The van der Waals surface area contributed by atoms with Crippen molar-refractivity contribution in [1.29, 1.82) is 0 Å². The minimum atomic E-state index is -0.690. The molecule has 8 heteroatoms. The van der Waals surface area contributed by atoms with Crippen LogP contribution in [0.25, 0.3) is 11.0 Å². The summed E-state index contributed by atoms with van der Waals surface area (Å²) in [4.78, 5) is 36.3. The van der Waals surface area contributed by atoms with E-state index >= 15 is 0 Å². The molecule has 1 amide bonds. The number of nitrogens with zero attached hydrogens (tertiary/aromatic N) is 1. The van der Waals surface area contributed by atoms with Crippen LogP contribution in [-0.2, 0) is 16.0 Å². The summed E-state index contributed by atoms with van der Waals surface area (Å²) in [6.45, 7) is 4.24. The molecule has 1 N–H and O–H groups in total. The summed E-state index contributed by atoms with van der Waals surface area (Å²) in [6.07, 6.45) is 0.497. The minimum Gasteiger partial charge on any atom is -0.452 e. The lowest BCUT2D eigenvalue weighted by atomic mass is 10.1. The van der Waals surface area contributed by atoms with Crippen LogP contribution in [0.5, 0.6) is 0 Å². The van der Waals surface area contributed by atoms with E-state index in [1.165, 1.54) is 6.92 Å². The van der Waals surface area contributed by atoms with Crippen LogP contribution >= 0.6 is 0 Å². The molecular weight excluding hydrogens is 352 g/mol. The van der Waals surface area contributed by atoms with Crippen LogP contribution in [-0.4, -0.2) is 29.4 Å². The highest BCUT2D eigenvalue weighted by atomic mass is 16.5. The summed E-state index contributed by atoms with van der Waals surface area (Å²) in [5.74, 6) is -1.24. The first-order valence-electron chi connectivity index (χ1n) is 8.37. The molecule has 0 aliphatic rings. The van der Waals surface area contributed by atoms with Gasteiger partial charge >= 0.3 is 5.97 Å². The van der Waals surface area contributed by atoms with E-state index in [0.29, 0.717) is 28.8 Å². The Morgan fingerprint density at radius 3 is 2.67 bits per heavy atom. The van der Waals surface area contributed by atoms with Gasteiger partial charge in [-0.25, -0.2) is 4.79 Å². The molecule has 0 aliphatic heterocycles. The number of rotatable bonds is 6. The number of para-hydroxylation sites is 1. The molecule has 2 heterocycles. The second-order valence-electron chi connectivity index (χ2n) is 5.90. The van der Waals surface area contributed by atoms with E-state index in [1.54, 1.807) is 31.2 Å². The Balaban J connectivity index is 1.74. The van der Waals surface area contributed by atoms with Gasteiger partial charge in [0, 0.05) is 12.3 Å². The molecule has 2 aromatic heterocycles. The maximum absolute atomic E-state index is 12.3. The van der Waals surface area contributed by atoms with Crippen LogP contribution in [0, 0.1) is 6.92 Å². The number of ether oxygens (including phenoxy) is 1. The highest BCUT2D eigenvalue weighted by Gasteiger charge is 2.23. The van der Waals surface area contributed by atoms with Gasteiger partial charge in [-0.05, 0) is 25.5 Å². The summed E-state index contributed by atoms with van der Waals surface area (Å²) >= 11 is 0. The number of furan rings is 1. The van der Waals surface area contributed by atoms with Crippen LogP contribution in [0.2, 0.25) is 0 Å². The number of fused-ring (bicyclic) bond motifs is 1. The molecule has 0 aliphatic carbocycles. The number of hydrogen-bond acceptors (Lipinski definition) is 7. The fraction of sp³-hybridized carbons (Fsp3) is 0.263. The second kappa shape index (κ2) is 7.45. The quantitative estimate of drug-likeness (QED) is 0.523. The molecule has 0 saturated heterocycles.